The van der Waals surface area contributed by atoms with E-state index in [2.05, 4.69) is 5.32 Å². The van der Waals surface area contributed by atoms with Crippen LogP contribution >= 0.6 is 0 Å². The van der Waals surface area contributed by atoms with Gasteiger partial charge in [-0.25, -0.2) is 0 Å². The number of carbonyl (C=O) groups is 2. The molecule has 0 saturated heterocycles. The van der Waals surface area contributed by atoms with Gasteiger partial charge in [0.05, 0.1) is 13.0 Å². The van der Waals surface area contributed by atoms with E-state index >= 15 is 0 Å². The molecule has 1 atom stereocenters. The van der Waals surface area contributed by atoms with Crippen LogP contribution in [0.4, 0.5) is 0 Å². The summed E-state index contributed by atoms with van der Waals surface area (Å²) in [5.74, 6) is -1.89. The molecule has 0 aromatic rings. The molecule has 0 radical (unpaired) electrons. The van der Waals surface area contributed by atoms with Crippen LogP contribution in [-0.4, -0.2) is 41.3 Å². The lowest BCUT2D eigenvalue weighted by Crippen LogP contribution is -2.35. The van der Waals surface area contributed by atoms with Crippen molar-refractivity contribution >= 4 is 11.9 Å². The maximum absolute atomic E-state index is 10.5. The Bertz CT molecular complexity index is 221. The summed E-state index contributed by atoms with van der Waals surface area (Å²) in [5.41, 5.74) is 5.34. The molecule has 0 aliphatic carbocycles. The molecule has 6 nitrogen and oxygen atoms in total. The third-order valence-electron chi connectivity index (χ3n) is 2.22. The fourth-order valence-corrected chi connectivity index (χ4v) is 1.43. The zero-order valence-electron chi connectivity index (χ0n) is 9.32. The second-order valence-corrected chi connectivity index (χ2v) is 3.71. The summed E-state index contributed by atoms with van der Waals surface area (Å²) in [6, 6.07) is -0.272. The third kappa shape index (κ3) is 9.42. The highest BCUT2D eigenvalue weighted by Gasteiger charge is 2.13. The summed E-state index contributed by atoms with van der Waals surface area (Å²) in [5, 5.41) is 19.8. The van der Waals surface area contributed by atoms with Crippen molar-refractivity contribution in [2.45, 2.75) is 38.1 Å². The van der Waals surface area contributed by atoms with Crippen molar-refractivity contribution in [2.75, 3.05) is 13.1 Å². The third-order valence-corrected chi connectivity index (χ3v) is 2.22. The smallest absolute Gasteiger partial charge is 0.317 e. The van der Waals surface area contributed by atoms with Gasteiger partial charge in [0.25, 0.3) is 0 Å². The fraction of sp³-hybridized carbons (Fsp3) is 0.800. The average molecular weight is 232 g/mol. The number of nitrogens with one attached hydrogen (secondary N) is 1. The molecule has 5 N–H and O–H groups in total. The Labute approximate surface area is 94.8 Å². The Balaban J connectivity index is 3.80. The van der Waals surface area contributed by atoms with E-state index in [0.29, 0.717) is 13.0 Å². The largest absolute Gasteiger partial charge is 0.481 e. The lowest BCUT2D eigenvalue weighted by molar-refractivity contribution is -0.139. The van der Waals surface area contributed by atoms with E-state index < -0.39 is 11.9 Å². The van der Waals surface area contributed by atoms with E-state index in [-0.39, 0.29) is 19.0 Å². The van der Waals surface area contributed by atoms with E-state index in [1.54, 1.807) is 0 Å². The van der Waals surface area contributed by atoms with Crippen molar-refractivity contribution in [1.29, 1.82) is 0 Å². The van der Waals surface area contributed by atoms with Crippen molar-refractivity contribution < 1.29 is 19.8 Å². The van der Waals surface area contributed by atoms with E-state index in [9.17, 15) is 9.59 Å². The van der Waals surface area contributed by atoms with Gasteiger partial charge in [-0.15, -0.1) is 0 Å². The first kappa shape index (κ1) is 14.9. The molecule has 16 heavy (non-hydrogen) atoms. The van der Waals surface area contributed by atoms with E-state index in [0.717, 1.165) is 19.3 Å². The number of hydrogen-bond donors (Lipinski definition) is 4. The first-order chi connectivity index (χ1) is 7.56. The van der Waals surface area contributed by atoms with Gasteiger partial charge in [-0.05, 0) is 19.4 Å². The van der Waals surface area contributed by atoms with Gasteiger partial charge >= 0.3 is 11.9 Å². The monoisotopic (exact) mass is 232 g/mol. The molecule has 0 spiro atoms. The second-order valence-electron chi connectivity index (χ2n) is 3.71. The van der Waals surface area contributed by atoms with Crippen LogP contribution in [0.3, 0.4) is 0 Å². The predicted molar refractivity (Wildman–Crippen MR) is 59.2 cm³/mol. The first-order valence-corrected chi connectivity index (χ1v) is 5.43. The molecular weight excluding hydrogens is 212 g/mol. The molecule has 1 unspecified atom stereocenters. The number of aliphatic carboxylic acids is 2. The van der Waals surface area contributed by atoms with Gasteiger partial charge in [-0.3, -0.25) is 9.59 Å². The highest BCUT2D eigenvalue weighted by Crippen LogP contribution is 2.06. The van der Waals surface area contributed by atoms with Crippen molar-refractivity contribution in [2.24, 2.45) is 5.73 Å². The Kier molecular flexibility index (Phi) is 8.46. The molecule has 0 saturated carbocycles. The molecule has 94 valence electrons. The highest BCUT2D eigenvalue weighted by atomic mass is 16.4. The summed E-state index contributed by atoms with van der Waals surface area (Å²) >= 11 is 0. The summed E-state index contributed by atoms with van der Waals surface area (Å²) in [7, 11) is 0. The van der Waals surface area contributed by atoms with Crippen LogP contribution < -0.4 is 11.1 Å². The minimum atomic E-state index is -0.975. The van der Waals surface area contributed by atoms with Gasteiger partial charge in [0.2, 0.25) is 0 Å². The zero-order chi connectivity index (χ0) is 12.4. The molecule has 0 aromatic heterocycles. The van der Waals surface area contributed by atoms with Gasteiger partial charge in [0.1, 0.15) is 0 Å². The van der Waals surface area contributed by atoms with Gasteiger partial charge in [0, 0.05) is 6.04 Å². The maximum atomic E-state index is 10.5. The van der Waals surface area contributed by atoms with Crippen LogP contribution in [-0.2, 0) is 9.59 Å². The van der Waals surface area contributed by atoms with Crippen LogP contribution in [0.5, 0.6) is 0 Å². The van der Waals surface area contributed by atoms with Gasteiger partial charge in [0.15, 0.2) is 0 Å². The number of nitrogens with two attached hydrogens (primary N) is 1. The quantitative estimate of drug-likeness (QED) is 0.395. The lowest BCUT2D eigenvalue weighted by Gasteiger charge is -2.15. The van der Waals surface area contributed by atoms with E-state index in [1.165, 1.54) is 0 Å². The molecule has 0 rings (SSSR count). The number of carboxylic acids is 2. The van der Waals surface area contributed by atoms with E-state index in [4.69, 9.17) is 15.9 Å². The van der Waals surface area contributed by atoms with Crippen LogP contribution in [0, 0.1) is 0 Å². The van der Waals surface area contributed by atoms with Crippen molar-refractivity contribution in [3.8, 4) is 0 Å². The summed E-state index contributed by atoms with van der Waals surface area (Å²) < 4.78 is 0. The molecule has 0 aliphatic heterocycles. The molecule has 6 heteroatoms. The first-order valence-electron chi connectivity index (χ1n) is 5.43. The minimum Gasteiger partial charge on any atom is -0.481 e. The van der Waals surface area contributed by atoms with Crippen molar-refractivity contribution in [1.82, 2.24) is 5.32 Å². The van der Waals surface area contributed by atoms with Gasteiger partial charge in [-0.1, -0.05) is 12.8 Å². The molecule has 0 amide bonds. The molecule has 0 heterocycles. The lowest BCUT2D eigenvalue weighted by atomic mass is 10.1. The number of unbranched alkanes of at least 4 members (excludes halogenated alkanes) is 2. The van der Waals surface area contributed by atoms with Crippen molar-refractivity contribution in [3.05, 3.63) is 0 Å². The van der Waals surface area contributed by atoms with E-state index in [1.807, 2.05) is 0 Å². The summed E-state index contributed by atoms with van der Waals surface area (Å²) in [4.78, 5) is 20.9. The number of rotatable bonds is 10. The fourth-order valence-electron chi connectivity index (χ4n) is 1.43. The minimum absolute atomic E-state index is 0.0457. The van der Waals surface area contributed by atoms with Crippen LogP contribution in [0.1, 0.15) is 32.1 Å². The molecule has 0 fully saturated rings. The Morgan fingerprint density at radius 3 is 2.31 bits per heavy atom. The van der Waals surface area contributed by atoms with Crippen LogP contribution in [0.25, 0.3) is 0 Å². The average Bonchev–Trinajstić information content (AvgIpc) is 2.19. The summed E-state index contributed by atoms with van der Waals surface area (Å²) in [6.07, 6.45) is 3.34. The topological polar surface area (TPSA) is 113 Å². The van der Waals surface area contributed by atoms with Crippen molar-refractivity contribution in [3.63, 3.8) is 0 Å². The van der Waals surface area contributed by atoms with Crippen LogP contribution in [0.2, 0.25) is 0 Å². The maximum Gasteiger partial charge on any atom is 0.317 e. The Morgan fingerprint density at radius 2 is 1.81 bits per heavy atom. The Morgan fingerprint density at radius 1 is 1.12 bits per heavy atom. The molecule has 0 aromatic carbocycles. The van der Waals surface area contributed by atoms with Crippen LogP contribution in [0.15, 0.2) is 0 Å². The number of carboxylic acid groups (broad SMARTS) is 2. The standard InChI is InChI=1S/C10H20N2O4/c11-5-3-1-2-4-8(6-9(13)14)12-7-10(15)16/h8,12H,1-7,11H2,(H,13,14)(H,15,16). The highest BCUT2D eigenvalue weighted by molar-refractivity contribution is 5.70. The second kappa shape index (κ2) is 9.11. The zero-order valence-corrected chi connectivity index (χ0v) is 9.32. The normalized spacial score (nSPS) is 12.3. The number of hydrogen-bond acceptors (Lipinski definition) is 4. The molecule has 0 bridgehead atoms. The molecular formula is C10H20N2O4. The van der Waals surface area contributed by atoms with Gasteiger partial charge < -0.3 is 21.3 Å². The van der Waals surface area contributed by atoms with Gasteiger partial charge in [-0.2, -0.15) is 0 Å². The Hall–Kier alpha value is -1.14. The molecule has 0 aliphatic rings. The SMILES string of the molecule is NCCCCCC(CC(=O)O)NCC(=O)O. The summed E-state index contributed by atoms with van der Waals surface area (Å²) in [6.45, 7) is 0.432. The predicted octanol–water partition coefficient (Wildman–Crippen LogP) is 0.0230.